The Labute approximate surface area is 188 Å². The zero-order valence-corrected chi connectivity index (χ0v) is 18.7. The number of aromatic nitrogens is 2. The summed E-state index contributed by atoms with van der Waals surface area (Å²) < 4.78 is 13.3. The summed E-state index contributed by atoms with van der Waals surface area (Å²) in [5.74, 6) is -0.335. The largest absolute Gasteiger partial charge is 0.490 e. The maximum atomic E-state index is 12.5. The second-order valence-corrected chi connectivity index (χ2v) is 8.84. The number of amides is 1. The van der Waals surface area contributed by atoms with Gasteiger partial charge in [-0.15, -0.1) is 0 Å². The van der Waals surface area contributed by atoms with Gasteiger partial charge in [0.25, 0.3) is 0 Å². The van der Waals surface area contributed by atoms with Crippen LogP contribution in [0.2, 0.25) is 0 Å². The first-order valence-corrected chi connectivity index (χ1v) is 11.3. The van der Waals surface area contributed by atoms with Crippen LogP contribution in [0.25, 0.3) is 11.1 Å². The SMILES string of the molecule is CN(C(=O)OCc1c(-c2ccc(OC3CCC(C(=O)O)C3)cc2)cnn1C)C1CCCC1. The van der Waals surface area contributed by atoms with E-state index < -0.39 is 5.97 Å². The van der Waals surface area contributed by atoms with Crippen molar-refractivity contribution in [2.45, 2.75) is 63.7 Å². The van der Waals surface area contributed by atoms with Gasteiger partial charge in [-0.25, -0.2) is 4.79 Å². The van der Waals surface area contributed by atoms with E-state index in [4.69, 9.17) is 14.6 Å². The van der Waals surface area contributed by atoms with Crippen LogP contribution in [-0.4, -0.2) is 51.0 Å². The van der Waals surface area contributed by atoms with Crippen molar-refractivity contribution in [2.75, 3.05) is 7.05 Å². The summed E-state index contributed by atoms with van der Waals surface area (Å²) in [5.41, 5.74) is 2.68. The van der Waals surface area contributed by atoms with Gasteiger partial charge in [0.2, 0.25) is 0 Å². The van der Waals surface area contributed by atoms with Gasteiger partial charge >= 0.3 is 12.1 Å². The predicted octanol–water partition coefficient (Wildman–Crippen LogP) is 4.23. The number of aliphatic carboxylic acids is 1. The highest BCUT2D eigenvalue weighted by atomic mass is 16.6. The quantitative estimate of drug-likeness (QED) is 0.691. The molecule has 0 radical (unpaired) electrons. The fourth-order valence-electron chi connectivity index (χ4n) is 4.72. The van der Waals surface area contributed by atoms with Crippen LogP contribution in [0.5, 0.6) is 5.75 Å². The van der Waals surface area contributed by atoms with Crippen LogP contribution >= 0.6 is 0 Å². The number of carbonyl (C=O) groups excluding carboxylic acids is 1. The molecule has 32 heavy (non-hydrogen) atoms. The molecule has 2 saturated carbocycles. The lowest BCUT2D eigenvalue weighted by atomic mass is 10.1. The molecule has 1 aromatic carbocycles. The van der Waals surface area contributed by atoms with Crippen LogP contribution in [0.1, 0.15) is 50.6 Å². The van der Waals surface area contributed by atoms with Gasteiger partial charge in [-0.1, -0.05) is 25.0 Å². The summed E-state index contributed by atoms with van der Waals surface area (Å²) in [5, 5.41) is 13.5. The third-order valence-electron chi connectivity index (χ3n) is 6.76. The molecule has 2 aliphatic rings. The third kappa shape index (κ3) is 4.89. The van der Waals surface area contributed by atoms with Crippen LogP contribution in [0, 0.1) is 5.92 Å². The van der Waals surface area contributed by atoms with Crippen molar-refractivity contribution >= 4 is 12.1 Å². The van der Waals surface area contributed by atoms with E-state index in [1.54, 1.807) is 15.8 Å². The molecule has 0 spiro atoms. The van der Waals surface area contributed by atoms with Gasteiger partial charge in [-0.2, -0.15) is 5.10 Å². The fourth-order valence-corrected chi connectivity index (χ4v) is 4.72. The van der Waals surface area contributed by atoms with Crippen LogP contribution < -0.4 is 4.74 Å². The van der Waals surface area contributed by atoms with Crippen molar-refractivity contribution in [1.29, 1.82) is 0 Å². The zero-order chi connectivity index (χ0) is 22.7. The highest BCUT2D eigenvalue weighted by Gasteiger charge is 2.31. The van der Waals surface area contributed by atoms with Crippen molar-refractivity contribution in [3.8, 4) is 16.9 Å². The van der Waals surface area contributed by atoms with E-state index >= 15 is 0 Å². The molecular formula is C24H31N3O5. The Morgan fingerprint density at radius 2 is 1.88 bits per heavy atom. The van der Waals surface area contributed by atoms with Gasteiger partial charge in [-0.05, 0) is 49.8 Å². The Kier molecular flexibility index (Phi) is 6.67. The Hall–Kier alpha value is -3.03. The number of hydrogen-bond acceptors (Lipinski definition) is 5. The van der Waals surface area contributed by atoms with Crippen molar-refractivity contribution < 1.29 is 24.2 Å². The molecule has 1 amide bonds. The first kappa shape index (κ1) is 22.2. The molecule has 2 atom stereocenters. The van der Waals surface area contributed by atoms with Gasteiger partial charge < -0.3 is 19.5 Å². The number of benzene rings is 1. The topological polar surface area (TPSA) is 93.9 Å². The highest BCUT2D eigenvalue weighted by molar-refractivity contribution is 5.70. The first-order chi connectivity index (χ1) is 15.4. The van der Waals surface area contributed by atoms with Crippen molar-refractivity contribution in [3.05, 3.63) is 36.2 Å². The molecule has 1 N–H and O–H groups in total. The number of carbonyl (C=O) groups is 2. The second kappa shape index (κ2) is 9.63. The fraction of sp³-hybridized carbons (Fsp3) is 0.542. The molecule has 2 aromatic rings. The molecule has 172 valence electrons. The average molecular weight is 442 g/mol. The normalized spacial score (nSPS) is 20.9. The lowest BCUT2D eigenvalue weighted by molar-refractivity contribution is -0.141. The summed E-state index contributed by atoms with van der Waals surface area (Å²) in [7, 11) is 3.65. The van der Waals surface area contributed by atoms with Crippen LogP contribution in [-0.2, 0) is 23.2 Å². The molecule has 0 aliphatic heterocycles. The standard InChI is InChI=1S/C24H31N3O5/c1-26(18-5-3-4-6-18)24(30)31-15-22-21(14-25-27(22)2)16-7-10-19(11-8-16)32-20-12-9-17(13-20)23(28)29/h7-8,10-11,14,17-18,20H,3-6,9,12-13,15H2,1-2H3,(H,28,29). The minimum atomic E-state index is -0.745. The monoisotopic (exact) mass is 441 g/mol. The Balaban J connectivity index is 1.38. The van der Waals surface area contributed by atoms with E-state index in [2.05, 4.69) is 5.10 Å². The molecule has 2 aliphatic carbocycles. The molecule has 8 nitrogen and oxygen atoms in total. The molecule has 1 heterocycles. The molecular weight excluding hydrogens is 410 g/mol. The van der Waals surface area contributed by atoms with Gasteiger partial charge in [0, 0.05) is 25.7 Å². The number of nitrogens with zero attached hydrogens (tertiary/aromatic N) is 3. The van der Waals surface area contributed by atoms with E-state index in [1.807, 2.05) is 38.4 Å². The summed E-state index contributed by atoms with van der Waals surface area (Å²) in [6.45, 7) is 0.151. The van der Waals surface area contributed by atoms with E-state index in [0.29, 0.717) is 12.8 Å². The molecule has 1 aromatic heterocycles. The molecule has 8 heteroatoms. The summed E-state index contributed by atoms with van der Waals surface area (Å²) in [6.07, 6.45) is 7.76. The van der Waals surface area contributed by atoms with Crippen molar-refractivity contribution in [2.24, 2.45) is 13.0 Å². The molecule has 0 saturated heterocycles. The maximum Gasteiger partial charge on any atom is 0.410 e. The minimum Gasteiger partial charge on any atom is -0.490 e. The van der Waals surface area contributed by atoms with E-state index in [0.717, 1.165) is 54.7 Å². The lowest BCUT2D eigenvalue weighted by Crippen LogP contribution is -2.35. The number of hydrogen-bond donors (Lipinski definition) is 1. The molecule has 2 unspecified atom stereocenters. The Morgan fingerprint density at radius 1 is 1.16 bits per heavy atom. The average Bonchev–Trinajstić information content (AvgIpc) is 3.54. The lowest BCUT2D eigenvalue weighted by Gasteiger charge is -2.23. The zero-order valence-electron chi connectivity index (χ0n) is 18.7. The molecule has 0 bridgehead atoms. The maximum absolute atomic E-state index is 12.5. The van der Waals surface area contributed by atoms with Gasteiger partial charge in [0.1, 0.15) is 12.4 Å². The smallest absolute Gasteiger partial charge is 0.410 e. The minimum absolute atomic E-state index is 0.0628. The Morgan fingerprint density at radius 3 is 2.53 bits per heavy atom. The summed E-state index contributed by atoms with van der Waals surface area (Å²) >= 11 is 0. The molecule has 2 fully saturated rings. The van der Waals surface area contributed by atoms with E-state index in [-0.39, 0.29) is 30.8 Å². The first-order valence-electron chi connectivity index (χ1n) is 11.3. The van der Waals surface area contributed by atoms with Gasteiger partial charge in [0.05, 0.1) is 23.9 Å². The predicted molar refractivity (Wildman–Crippen MR) is 118 cm³/mol. The number of aryl methyl sites for hydroxylation is 1. The van der Waals surface area contributed by atoms with Crippen LogP contribution in [0.15, 0.2) is 30.5 Å². The summed E-state index contributed by atoms with van der Waals surface area (Å²) in [4.78, 5) is 25.3. The second-order valence-electron chi connectivity index (χ2n) is 8.84. The van der Waals surface area contributed by atoms with E-state index in [1.165, 1.54) is 0 Å². The Bertz CT molecular complexity index is 949. The number of rotatable bonds is 7. The van der Waals surface area contributed by atoms with Gasteiger partial charge in [-0.3, -0.25) is 9.48 Å². The van der Waals surface area contributed by atoms with E-state index in [9.17, 15) is 9.59 Å². The third-order valence-corrected chi connectivity index (χ3v) is 6.76. The highest BCUT2D eigenvalue weighted by Crippen LogP contribution is 2.31. The van der Waals surface area contributed by atoms with Crippen molar-refractivity contribution in [3.63, 3.8) is 0 Å². The van der Waals surface area contributed by atoms with Crippen LogP contribution in [0.3, 0.4) is 0 Å². The van der Waals surface area contributed by atoms with Crippen molar-refractivity contribution in [1.82, 2.24) is 14.7 Å². The molecule has 4 rings (SSSR count). The number of carboxylic acid groups (broad SMARTS) is 1. The van der Waals surface area contributed by atoms with Crippen LogP contribution in [0.4, 0.5) is 4.79 Å². The van der Waals surface area contributed by atoms with Gasteiger partial charge in [0.15, 0.2) is 0 Å². The number of carboxylic acids is 1. The summed E-state index contributed by atoms with van der Waals surface area (Å²) in [6, 6.07) is 7.95. The number of ether oxygens (including phenoxy) is 2.